The van der Waals surface area contributed by atoms with Gasteiger partial charge in [0.05, 0.1) is 18.9 Å². The summed E-state index contributed by atoms with van der Waals surface area (Å²) in [7, 11) is 0. The lowest BCUT2D eigenvalue weighted by Gasteiger charge is -2.71. The van der Waals surface area contributed by atoms with Crippen molar-refractivity contribution in [2.24, 2.45) is 10.8 Å². The molecule has 4 nitrogen and oxygen atoms in total. The number of benzene rings is 1. The third-order valence-corrected chi connectivity index (χ3v) is 6.43. The molecule has 4 heterocycles. The Morgan fingerprint density at radius 1 is 1.09 bits per heavy atom. The Morgan fingerprint density at radius 2 is 1.65 bits per heavy atom. The number of aliphatic hydroxyl groups is 2. The molecule has 126 valence electrons. The summed E-state index contributed by atoms with van der Waals surface area (Å²) >= 11 is 0. The maximum absolute atomic E-state index is 11.2. The first-order chi connectivity index (χ1) is 10.8. The first-order valence-electron chi connectivity index (χ1n) is 8.65. The van der Waals surface area contributed by atoms with Gasteiger partial charge in [0.15, 0.2) is 0 Å². The minimum absolute atomic E-state index is 0.103. The molecule has 1 aromatic rings. The number of aliphatic hydroxyl groups excluding tert-OH is 2. The van der Waals surface area contributed by atoms with E-state index in [2.05, 4.69) is 54.8 Å². The van der Waals surface area contributed by atoms with Crippen molar-refractivity contribution < 1.29 is 10.2 Å². The SMILES string of the molecule is CC(C)(CO)C1N2CC3(C)CN1CC(c1ccccc1)(C2)[C@@H]3O. The molecule has 1 aromatic carbocycles. The number of rotatable bonds is 3. The molecule has 2 unspecified atom stereocenters. The van der Waals surface area contributed by atoms with Gasteiger partial charge in [0.2, 0.25) is 0 Å². The van der Waals surface area contributed by atoms with Gasteiger partial charge >= 0.3 is 0 Å². The van der Waals surface area contributed by atoms with Crippen molar-refractivity contribution >= 4 is 0 Å². The van der Waals surface area contributed by atoms with Crippen LogP contribution in [0, 0.1) is 10.8 Å². The number of piperidine rings is 2. The molecule has 3 atom stereocenters. The number of nitrogens with zero attached hydrogens (tertiary/aromatic N) is 2. The molecule has 4 fully saturated rings. The highest BCUT2D eigenvalue weighted by Gasteiger charge is 2.65. The second kappa shape index (κ2) is 4.79. The Morgan fingerprint density at radius 3 is 2.17 bits per heavy atom. The lowest BCUT2D eigenvalue weighted by molar-refractivity contribution is -0.253. The highest BCUT2D eigenvalue weighted by atomic mass is 16.3. The predicted octanol–water partition coefficient (Wildman–Crippen LogP) is 1.28. The van der Waals surface area contributed by atoms with Gasteiger partial charge in [-0.2, -0.15) is 0 Å². The lowest BCUT2D eigenvalue weighted by Crippen LogP contribution is -2.83. The zero-order valence-electron chi connectivity index (χ0n) is 14.4. The molecule has 4 aliphatic heterocycles. The predicted molar refractivity (Wildman–Crippen MR) is 90.0 cm³/mol. The van der Waals surface area contributed by atoms with Crippen LogP contribution in [-0.4, -0.2) is 65.1 Å². The maximum Gasteiger partial charge on any atom is 0.0739 e. The van der Waals surface area contributed by atoms with Crippen LogP contribution < -0.4 is 0 Å². The van der Waals surface area contributed by atoms with Crippen molar-refractivity contribution in [3.05, 3.63) is 35.9 Å². The molecule has 0 radical (unpaired) electrons. The Hall–Kier alpha value is -0.940. The van der Waals surface area contributed by atoms with Gasteiger partial charge in [-0.1, -0.05) is 51.1 Å². The molecule has 4 heteroatoms. The third kappa shape index (κ3) is 1.99. The summed E-state index contributed by atoms with van der Waals surface area (Å²) in [4.78, 5) is 5.01. The van der Waals surface area contributed by atoms with Crippen molar-refractivity contribution in [1.29, 1.82) is 0 Å². The standard InChI is InChI=1S/C19H28N2O2/c1-17(2,13-22)16-20-9-18(3)10-21(16)12-19(11-20,15(18)23)14-7-5-4-6-8-14/h4-8,15-16,22-23H,9-13H2,1-3H3/t15-,16?,18?,19?/m1/s1. The van der Waals surface area contributed by atoms with Crippen LogP contribution in [-0.2, 0) is 5.41 Å². The Labute approximate surface area is 138 Å². The van der Waals surface area contributed by atoms with Crippen LogP contribution in [0.4, 0.5) is 0 Å². The van der Waals surface area contributed by atoms with E-state index in [-0.39, 0.29) is 35.1 Å². The average Bonchev–Trinajstić information content (AvgIpc) is 2.52. The van der Waals surface area contributed by atoms with Crippen LogP contribution in [0.15, 0.2) is 30.3 Å². The summed E-state index contributed by atoms with van der Waals surface area (Å²) in [5.41, 5.74) is 0.767. The van der Waals surface area contributed by atoms with Gasteiger partial charge in [0.1, 0.15) is 0 Å². The lowest BCUT2D eigenvalue weighted by atomic mass is 9.56. The van der Waals surface area contributed by atoms with Crippen molar-refractivity contribution in [3.63, 3.8) is 0 Å². The van der Waals surface area contributed by atoms with Gasteiger partial charge in [0, 0.05) is 42.4 Å². The number of hydrogen-bond donors (Lipinski definition) is 2. The van der Waals surface area contributed by atoms with Crippen LogP contribution in [0.3, 0.4) is 0 Å². The smallest absolute Gasteiger partial charge is 0.0739 e. The molecule has 0 spiro atoms. The normalized spacial score (nSPS) is 45.4. The third-order valence-electron chi connectivity index (χ3n) is 6.43. The molecular weight excluding hydrogens is 288 g/mol. The minimum atomic E-state index is -0.317. The van der Waals surface area contributed by atoms with Crippen molar-refractivity contribution in [2.75, 3.05) is 32.8 Å². The van der Waals surface area contributed by atoms with E-state index in [9.17, 15) is 10.2 Å². The Kier molecular flexibility index (Phi) is 3.24. The van der Waals surface area contributed by atoms with Gasteiger partial charge in [-0.3, -0.25) is 9.80 Å². The van der Waals surface area contributed by atoms with E-state index in [0.29, 0.717) is 0 Å². The summed E-state index contributed by atoms with van der Waals surface area (Å²) in [6, 6.07) is 10.5. The Bertz CT molecular complexity index is 585. The number of hydrogen-bond acceptors (Lipinski definition) is 4. The van der Waals surface area contributed by atoms with E-state index in [4.69, 9.17) is 0 Å². The Balaban J connectivity index is 1.79. The molecule has 0 amide bonds. The topological polar surface area (TPSA) is 46.9 Å². The summed E-state index contributed by atoms with van der Waals surface area (Å²) < 4.78 is 0. The van der Waals surface area contributed by atoms with Crippen molar-refractivity contribution in [2.45, 2.75) is 38.5 Å². The molecule has 4 bridgehead atoms. The second-order valence-corrected chi connectivity index (χ2v) is 8.91. The van der Waals surface area contributed by atoms with E-state index in [1.807, 2.05) is 6.07 Å². The largest absolute Gasteiger partial charge is 0.396 e. The van der Waals surface area contributed by atoms with Crippen LogP contribution in [0.5, 0.6) is 0 Å². The zero-order valence-corrected chi connectivity index (χ0v) is 14.4. The highest BCUT2D eigenvalue weighted by Crippen LogP contribution is 2.54. The van der Waals surface area contributed by atoms with E-state index < -0.39 is 0 Å². The van der Waals surface area contributed by atoms with Gasteiger partial charge in [-0.05, 0) is 5.56 Å². The van der Waals surface area contributed by atoms with E-state index >= 15 is 0 Å². The fourth-order valence-corrected chi connectivity index (χ4v) is 5.63. The molecule has 4 saturated heterocycles. The van der Waals surface area contributed by atoms with E-state index in [1.54, 1.807) is 0 Å². The molecule has 0 aliphatic carbocycles. The minimum Gasteiger partial charge on any atom is -0.396 e. The summed E-state index contributed by atoms with van der Waals surface area (Å²) in [6.07, 6.45) is -0.0620. The second-order valence-electron chi connectivity index (χ2n) is 8.91. The average molecular weight is 316 g/mol. The highest BCUT2D eigenvalue weighted by molar-refractivity contribution is 5.34. The molecule has 23 heavy (non-hydrogen) atoms. The van der Waals surface area contributed by atoms with Crippen molar-refractivity contribution in [1.82, 2.24) is 9.80 Å². The van der Waals surface area contributed by atoms with Crippen LogP contribution in [0.2, 0.25) is 0 Å². The molecule has 4 aliphatic rings. The monoisotopic (exact) mass is 316 g/mol. The first-order valence-corrected chi connectivity index (χ1v) is 8.65. The fraction of sp³-hybridized carbons (Fsp3) is 0.684. The molecular formula is C19H28N2O2. The van der Waals surface area contributed by atoms with Gasteiger partial charge in [-0.25, -0.2) is 0 Å². The van der Waals surface area contributed by atoms with Gasteiger partial charge < -0.3 is 10.2 Å². The maximum atomic E-state index is 11.2. The summed E-state index contributed by atoms with van der Waals surface area (Å²) in [5.74, 6) is 0. The fourth-order valence-electron chi connectivity index (χ4n) is 5.63. The van der Waals surface area contributed by atoms with Gasteiger partial charge in [0.25, 0.3) is 0 Å². The van der Waals surface area contributed by atoms with Crippen LogP contribution in [0.25, 0.3) is 0 Å². The summed E-state index contributed by atoms with van der Waals surface area (Å²) in [5, 5.41) is 21.1. The van der Waals surface area contributed by atoms with E-state index in [1.165, 1.54) is 5.56 Å². The molecule has 5 rings (SSSR count). The van der Waals surface area contributed by atoms with E-state index in [0.717, 1.165) is 26.2 Å². The quantitative estimate of drug-likeness (QED) is 0.882. The molecule has 0 aromatic heterocycles. The van der Waals surface area contributed by atoms with Gasteiger partial charge in [-0.15, -0.1) is 0 Å². The van der Waals surface area contributed by atoms with Crippen molar-refractivity contribution in [3.8, 4) is 0 Å². The zero-order chi connectivity index (χ0) is 16.5. The molecule has 2 N–H and O–H groups in total. The van der Waals surface area contributed by atoms with Crippen LogP contribution >= 0.6 is 0 Å². The summed E-state index contributed by atoms with van der Waals surface area (Å²) in [6.45, 7) is 10.3. The molecule has 0 saturated carbocycles. The first kappa shape index (κ1) is 15.6. The van der Waals surface area contributed by atoms with Crippen LogP contribution in [0.1, 0.15) is 26.3 Å².